The molecule has 0 aromatic carbocycles. The lowest BCUT2D eigenvalue weighted by atomic mass is 9.88. The molecule has 0 aliphatic rings. The molecule has 8 heteroatoms. The van der Waals surface area contributed by atoms with Crippen molar-refractivity contribution in [2.75, 3.05) is 7.05 Å². The number of ether oxygens (including phenoxy) is 1. The minimum absolute atomic E-state index is 0.111. The summed E-state index contributed by atoms with van der Waals surface area (Å²) in [5.41, 5.74) is -0.124. The van der Waals surface area contributed by atoms with Crippen molar-refractivity contribution in [1.29, 1.82) is 0 Å². The van der Waals surface area contributed by atoms with Gasteiger partial charge in [-0.05, 0) is 32.7 Å². The van der Waals surface area contributed by atoms with Crippen LogP contribution >= 0.6 is 0 Å². The Morgan fingerprint density at radius 1 is 1.29 bits per heavy atom. The first kappa shape index (κ1) is 20.4. The Morgan fingerprint density at radius 3 is 2.42 bits per heavy atom. The van der Waals surface area contributed by atoms with Crippen LogP contribution in [0.15, 0.2) is 23.4 Å². The smallest absolute Gasteiger partial charge is 0.265 e. The highest BCUT2D eigenvalue weighted by Crippen LogP contribution is 2.21. The van der Waals surface area contributed by atoms with E-state index in [1.165, 1.54) is 18.5 Å². The van der Waals surface area contributed by atoms with E-state index in [1.807, 2.05) is 34.6 Å². The molecule has 0 bridgehead atoms. The summed E-state index contributed by atoms with van der Waals surface area (Å²) in [6.45, 7) is 9.60. The van der Waals surface area contributed by atoms with Crippen LogP contribution in [0.4, 0.5) is 0 Å². The number of carbonyl (C=O) groups excluding carboxylic acids is 1. The Bertz CT molecular complexity index is 666. The van der Waals surface area contributed by atoms with E-state index in [1.54, 1.807) is 7.05 Å². The van der Waals surface area contributed by atoms with E-state index >= 15 is 0 Å². The van der Waals surface area contributed by atoms with Crippen molar-refractivity contribution in [2.24, 2.45) is 5.41 Å². The molecule has 1 atom stereocenters. The molecule has 0 saturated heterocycles. The van der Waals surface area contributed by atoms with Crippen LogP contribution in [0, 0.1) is 5.41 Å². The fourth-order valence-electron chi connectivity index (χ4n) is 2.08. The zero-order valence-corrected chi connectivity index (χ0v) is 15.9. The molecule has 2 N–H and O–H groups in total. The summed E-state index contributed by atoms with van der Waals surface area (Å²) in [4.78, 5) is 16.1. The van der Waals surface area contributed by atoms with Crippen LogP contribution in [-0.2, 0) is 14.8 Å². The lowest BCUT2D eigenvalue weighted by molar-refractivity contribution is -0.121. The van der Waals surface area contributed by atoms with Gasteiger partial charge in [0.05, 0.1) is 18.3 Å². The van der Waals surface area contributed by atoms with Crippen molar-refractivity contribution in [3.05, 3.63) is 18.5 Å². The largest absolute Gasteiger partial charge is 0.489 e. The van der Waals surface area contributed by atoms with Crippen LogP contribution in [0.25, 0.3) is 0 Å². The Balaban J connectivity index is 2.94. The molecule has 1 heterocycles. The molecule has 24 heavy (non-hydrogen) atoms. The van der Waals surface area contributed by atoms with Gasteiger partial charge in [-0.3, -0.25) is 9.78 Å². The number of nitrogens with one attached hydrogen (secondary N) is 2. The highest BCUT2D eigenvalue weighted by atomic mass is 32.2. The van der Waals surface area contributed by atoms with Gasteiger partial charge in [-0.2, -0.15) is 0 Å². The highest BCUT2D eigenvalue weighted by Gasteiger charge is 2.27. The first-order valence-corrected chi connectivity index (χ1v) is 9.28. The molecule has 0 aliphatic carbocycles. The topological polar surface area (TPSA) is 97.4 Å². The van der Waals surface area contributed by atoms with Gasteiger partial charge in [0.1, 0.15) is 10.6 Å². The van der Waals surface area contributed by atoms with Gasteiger partial charge in [0.2, 0.25) is 0 Å². The zero-order chi connectivity index (χ0) is 18.5. The van der Waals surface area contributed by atoms with Gasteiger partial charge in [0.25, 0.3) is 15.9 Å². The van der Waals surface area contributed by atoms with Gasteiger partial charge >= 0.3 is 0 Å². The Hall–Kier alpha value is -1.67. The highest BCUT2D eigenvalue weighted by molar-refractivity contribution is 7.90. The molecule has 1 rings (SSSR count). The van der Waals surface area contributed by atoms with Gasteiger partial charge < -0.3 is 10.1 Å². The van der Waals surface area contributed by atoms with E-state index in [0.717, 1.165) is 0 Å². The minimum atomic E-state index is -4.01. The molecule has 0 fully saturated rings. The quantitative estimate of drug-likeness (QED) is 0.771. The third-order valence-electron chi connectivity index (χ3n) is 3.09. The Kier molecular flexibility index (Phi) is 6.74. The monoisotopic (exact) mass is 357 g/mol. The predicted octanol–water partition coefficient (Wildman–Crippen LogP) is 1.70. The summed E-state index contributed by atoms with van der Waals surface area (Å²) in [5, 5.41) is 2.85. The number of sulfonamides is 1. The number of aromatic nitrogens is 1. The number of amides is 1. The second-order valence-corrected chi connectivity index (χ2v) is 8.78. The van der Waals surface area contributed by atoms with Crippen LogP contribution in [0.2, 0.25) is 0 Å². The van der Waals surface area contributed by atoms with Crippen molar-refractivity contribution in [1.82, 2.24) is 15.0 Å². The summed E-state index contributed by atoms with van der Waals surface area (Å²) < 4.78 is 32.4. The molecule has 0 radical (unpaired) electrons. The molecule has 1 unspecified atom stereocenters. The van der Waals surface area contributed by atoms with Gasteiger partial charge in [-0.1, -0.05) is 20.8 Å². The van der Waals surface area contributed by atoms with E-state index < -0.39 is 22.0 Å². The van der Waals surface area contributed by atoms with E-state index in [-0.39, 0.29) is 16.4 Å². The zero-order valence-electron chi connectivity index (χ0n) is 15.1. The molecule has 136 valence electrons. The molecular weight excluding hydrogens is 330 g/mol. The average molecular weight is 357 g/mol. The Morgan fingerprint density at radius 2 is 1.92 bits per heavy atom. The normalized spacial score (nSPS) is 13.6. The van der Waals surface area contributed by atoms with Crippen LogP contribution < -0.4 is 14.8 Å². The molecule has 1 amide bonds. The van der Waals surface area contributed by atoms with Gasteiger partial charge in [0.15, 0.2) is 0 Å². The summed E-state index contributed by atoms with van der Waals surface area (Å²) in [5.74, 6) is -0.261. The summed E-state index contributed by atoms with van der Waals surface area (Å²) in [6.07, 6.45) is 3.00. The molecular formula is C16H27N3O4S. The second-order valence-electron chi connectivity index (χ2n) is 7.10. The van der Waals surface area contributed by atoms with Crippen molar-refractivity contribution in [2.45, 2.75) is 58.1 Å². The lowest BCUT2D eigenvalue weighted by Gasteiger charge is -2.24. The van der Waals surface area contributed by atoms with Crippen molar-refractivity contribution >= 4 is 15.9 Å². The van der Waals surface area contributed by atoms with E-state index in [2.05, 4.69) is 15.0 Å². The number of rotatable bonds is 7. The molecule has 0 spiro atoms. The predicted molar refractivity (Wildman–Crippen MR) is 92.2 cm³/mol. The molecule has 7 nitrogen and oxygen atoms in total. The van der Waals surface area contributed by atoms with Crippen molar-refractivity contribution < 1.29 is 17.9 Å². The third kappa shape index (κ3) is 6.45. The number of hydrogen-bond donors (Lipinski definition) is 2. The van der Waals surface area contributed by atoms with Gasteiger partial charge in [-0.25, -0.2) is 13.1 Å². The molecule has 0 aliphatic heterocycles. The summed E-state index contributed by atoms with van der Waals surface area (Å²) in [6, 6.07) is 0.739. The van der Waals surface area contributed by atoms with Crippen LogP contribution in [-0.4, -0.2) is 38.5 Å². The third-order valence-corrected chi connectivity index (χ3v) is 4.40. The number of likely N-dealkylation sites (N-methyl/N-ethyl adjacent to an activating group) is 1. The second kappa shape index (κ2) is 7.94. The number of pyridine rings is 1. The van der Waals surface area contributed by atoms with Crippen molar-refractivity contribution in [3.8, 4) is 5.75 Å². The summed E-state index contributed by atoms with van der Waals surface area (Å²) in [7, 11) is -2.38. The van der Waals surface area contributed by atoms with Crippen LogP contribution in [0.1, 0.15) is 41.0 Å². The minimum Gasteiger partial charge on any atom is -0.489 e. The number of nitrogens with zero attached hydrogens (tertiary/aromatic N) is 1. The average Bonchev–Trinajstić information content (AvgIpc) is 2.42. The standard InChI is InChI=1S/C16H27N3O4S/c1-11(2)23-12-7-13(10-18-9-12)24(21,22)19-15(20)14(17-6)8-16(3,4)5/h7,9-11,14,17H,8H2,1-6H3,(H,19,20). The fraction of sp³-hybridized carbons (Fsp3) is 0.625. The molecule has 0 saturated carbocycles. The molecule has 1 aromatic rings. The maximum atomic E-state index is 12.4. The molecule has 1 aromatic heterocycles. The number of carbonyl (C=O) groups is 1. The van der Waals surface area contributed by atoms with E-state index in [0.29, 0.717) is 12.2 Å². The maximum Gasteiger partial charge on any atom is 0.265 e. The van der Waals surface area contributed by atoms with Crippen molar-refractivity contribution in [3.63, 3.8) is 0 Å². The fourth-order valence-corrected chi connectivity index (χ4v) is 3.08. The lowest BCUT2D eigenvalue weighted by Crippen LogP contribution is -2.46. The van der Waals surface area contributed by atoms with Crippen LogP contribution in [0.5, 0.6) is 5.75 Å². The maximum absolute atomic E-state index is 12.4. The van der Waals surface area contributed by atoms with E-state index in [9.17, 15) is 13.2 Å². The Labute approximate surface area is 144 Å². The summed E-state index contributed by atoms with van der Waals surface area (Å²) >= 11 is 0. The first-order valence-electron chi connectivity index (χ1n) is 7.80. The number of hydrogen-bond acceptors (Lipinski definition) is 6. The van der Waals surface area contributed by atoms with Gasteiger partial charge in [-0.15, -0.1) is 0 Å². The van der Waals surface area contributed by atoms with E-state index in [4.69, 9.17) is 4.74 Å². The van der Waals surface area contributed by atoms with Gasteiger partial charge in [0, 0.05) is 12.3 Å². The first-order chi connectivity index (χ1) is 10.9. The SMILES string of the molecule is CNC(CC(C)(C)C)C(=O)NS(=O)(=O)c1cncc(OC(C)C)c1. The van der Waals surface area contributed by atoms with Crippen LogP contribution in [0.3, 0.4) is 0 Å².